The van der Waals surface area contributed by atoms with E-state index >= 15 is 0 Å². The van der Waals surface area contributed by atoms with Crippen LogP contribution in [0.3, 0.4) is 0 Å². The summed E-state index contributed by atoms with van der Waals surface area (Å²) >= 11 is 0. The van der Waals surface area contributed by atoms with Gasteiger partial charge in [0.2, 0.25) is 5.95 Å². The van der Waals surface area contributed by atoms with Crippen molar-refractivity contribution in [1.29, 1.82) is 0 Å². The number of rotatable bonds is 8. The maximum absolute atomic E-state index is 12.6. The Kier molecular flexibility index (Phi) is 6.73. The van der Waals surface area contributed by atoms with Crippen molar-refractivity contribution in [2.45, 2.75) is 26.4 Å². The number of anilines is 2. The van der Waals surface area contributed by atoms with E-state index in [2.05, 4.69) is 20.3 Å². The van der Waals surface area contributed by atoms with Gasteiger partial charge in [-0.2, -0.15) is 0 Å². The predicted octanol–water partition coefficient (Wildman–Crippen LogP) is 3.59. The molecule has 3 rings (SSSR count). The smallest absolute Gasteiger partial charge is 0.274 e. The Balaban J connectivity index is 1.61. The molecule has 0 aliphatic heterocycles. The molecule has 0 radical (unpaired) electrons. The largest absolute Gasteiger partial charge is 0.491 e. The van der Waals surface area contributed by atoms with Gasteiger partial charge in [0.25, 0.3) is 5.91 Å². The van der Waals surface area contributed by atoms with Crippen molar-refractivity contribution in [3.8, 4) is 5.75 Å². The molecule has 1 amide bonds. The number of nitrogens with zero attached hydrogens (tertiary/aromatic N) is 4. The van der Waals surface area contributed by atoms with Gasteiger partial charge in [0, 0.05) is 37.9 Å². The van der Waals surface area contributed by atoms with Crippen LogP contribution in [0.15, 0.2) is 61.1 Å². The zero-order valence-corrected chi connectivity index (χ0v) is 16.9. The average Bonchev–Trinajstić information content (AvgIpc) is 2.74. The van der Waals surface area contributed by atoms with E-state index in [1.54, 1.807) is 36.8 Å². The maximum Gasteiger partial charge on any atom is 0.274 e. The number of hydrogen-bond acceptors (Lipinski definition) is 6. The van der Waals surface area contributed by atoms with Crippen molar-refractivity contribution in [2.24, 2.45) is 0 Å². The Morgan fingerprint density at radius 2 is 1.79 bits per heavy atom. The second-order valence-electron chi connectivity index (χ2n) is 6.91. The lowest BCUT2D eigenvalue weighted by Crippen LogP contribution is -2.24. The van der Waals surface area contributed by atoms with Crippen molar-refractivity contribution in [3.63, 3.8) is 0 Å². The molecule has 2 heterocycles. The molecule has 0 spiro atoms. The average molecular weight is 391 g/mol. The van der Waals surface area contributed by atoms with Crippen LogP contribution in [0.25, 0.3) is 0 Å². The molecule has 150 valence electrons. The highest BCUT2D eigenvalue weighted by Gasteiger charge is 2.12. The summed E-state index contributed by atoms with van der Waals surface area (Å²) in [7, 11) is 1.91. The zero-order valence-electron chi connectivity index (χ0n) is 16.9. The van der Waals surface area contributed by atoms with Crippen LogP contribution < -0.4 is 15.0 Å². The third-order valence-electron chi connectivity index (χ3n) is 4.19. The fourth-order valence-corrected chi connectivity index (χ4v) is 2.69. The van der Waals surface area contributed by atoms with Gasteiger partial charge in [0.1, 0.15) is 11.4 Å². The van der Waals surface area contributed by atoms with E-state index in [1.165, 1.54) is 5.56 Å². The van der Waals surface area contributed by atoms with Crippen LogP contribution in [0.2, 0.25) is 0 Å². The van der Waals surface area contributed by atoms with Gasteiger partial charge >= 0.3 is 0 Å². The quantitative estimate of drug-likeness (QED) is 0.632. The third-order valence-corrected chi connectivity index (χ3v) is 4.19. The summed E-state index contributed by atoms with van der Waals surface area (Å²) in [5.74, 6) is 0.985. The Morgan fingerprint density at radius 3 is 2.48 bits per heavy atom. The van der Waals surface area contributed by atoms with Gasteiger partial charge in [-0.15, -0.1) is 0 Å². The topological polar surface area (TPSA) is 80.2 Å². The van der Waals surface area contributed by atoms with Gasteiger partial charge in [0.15, 0.2) is 0 Å². The highest BCUT2D eigenvalue weighted by molar-refractivity contribution is 6.03. The number of pyridine rings is 1. The molecule has 7 heteroatoms. The summed E-state index contributed by atoms with van der Waals surface area (Å²) in [4.78, 5) is 27.2. The Labute approximate surface area is 170 Å². The van der Waals surface area contributed by atoms with E-state index in [0.29, 0.717) is 17.3 Å². The number of carbonyl (C=O) groups excluding carboxylic acids is 1. The lowest BCUT2D eigenvalue weighted by molar-refractivity contribution is 0.102. The summed E-state index contributed by atoms with van der Waals surface area (Å²) in [5.41, 5.74) is 2.18. The van der Waals surface area contributed by atoms with E-state index < -0.39 is 0 Å². The minimum atomic E-state index is -0.284. The molecule has 0 aliphatic carbocycles. The van der Waals surface area contributed by atoms with Crippen molar-refractivity contribution < 1.29 is 9.53 Å². The highest BCUT2D eigenvalue weighted by atomic mass is 16.5. The second kappa shape index (κ2) is 9.64. The number of amides is 1. The number of ether oxygens (including phenoxy) is 1. The van der Waals surface area contributed by atoms with Gasteiger partial charge in [-0.3, -0.25) is 9.78 Å². The molecule has 0 bridgehead atoms. The van der Waals surface area contributed by atoms with Crippen molar-refractivity contribution in [2.75, 3.05) is 23.8 Å². The summed E-state index contributed by atoms with van der Waals surface area (Å²) < 4.78 is 5.61. The molecule has 3 aromatic rings. The van der Waals surface area contributed by atoms with Crippen LogP contribution in [0.5, 0.6) is 5.75 Å². The molecule has 0 aliphatic rings. The van der Waals surface area contributed by atoms with Crippen LogP contribution in [-0.4, -0.2) is 40.6 Å². The lowest BCUT2D eigenvalue weighted by atomic mass is 10.2. The van der Waals surface area contributed by atoms with Crippen LogP contribution >= 0.6 is 0 Å². The van der Waals surface area contributed by atoms with Crippen LogP contribution in [0, 0.1) is 0 Å². The van der Waals surface area contributed by atoms with Crippen LogP contribution in [-0.2, 0) is 6.42 Å². The van der Waals surface area contributed by atoms with E-state index in [0.717, 1.165) is 18.7 Å². The minimum Gasteiger partial charge on any atom is -0.491 e. The van der Waals surface area contributed by atoms with Crippen molar-refractivity contribution in [3.05, 3.63) is 72.3 Å². The SMILES string of the molecule is CC(C)Oc1ccc(NC(=O)c2ccnc(N(C)CCc3ccncc3)n2)cc1. The molecule has 0 atom stereocenters. The summed E-state index contributed by atoms with van der Waals surface area (Å²) in [5, 5.41) is 2.85. The molecule has 1 N–H and O–H groups in total. The molecule has 0 unspecified atom stereocenters. The monoisotopic (exact) mass is 391 g/mol. The van der Waals surface area contributed by atoms with Gasteiger partial charge in [0.05, 0.1) is 6.10 Å². The molecule has 0 saturated carbocycles. The zero-order chi connectivity index (χ0) is 20.6. The first-order chi connectivity index (χ1) is 14.0. The predicted molar refractivity (Wildman–Crippen MR) is 113 cm³/mol. The summed E-state index contributed by atoms with van der Waals surface area (Å²) in [6.07, 6.45) is 6.09. The summed E-state index contributed by atoms with van der Waals surface area (Å²) in [6, 6.07) is 12.8. The Bertz CT molecular complexity index is 929. The van der Waals surface area contributed by atoms with E-state index in [-0.39, 0.29) is 12.0 Å². The van der Waals surface area contributed by atoms with E-state index in [1.807, 2.05) is 50.1 Å². The second-order valence-corrected chi connectivity index (χ2v) is 6.91. The Morgan fingerprint density at radius 1 is 1.07 bits per heavy atom. The first-order valence-corrected chi connectivity index (χ1v) is 9.52. The number of carbonyl (C=O) groups is 1. The fourth-order valence-electron chi connectivity index (χ4n) is 2.69. The van der Waals surface area contributed by atoms with Crippen molar-refractivity contribution in [1.82, 2.24) is 15.0 Å². The molecule has 2 aromatic heterocycles. The van der Waals surface area contributed by atoms with Gasteiger partial charge < -0.3 is 15.0 Å². The van der Waals surface area contributed by atoms with Crippen LogP contribution in [0.1, 0.15) is 29.9 Å². The molecular formula is C22H25N5O2. The molecule has 0 saturated heterocycles. The van der Waals surface area contributed by atoms with E-state index in [4.69, 9.17) is 4.74 Å². The summed E-state index contributed by atoms with van der Waals surface area (Å²) in [6.45, 7) is 4.67. The van der Waals surface area contributed by atoms with Gasteiger partial charge in [-0.25, -0.2) is 9.97 Å². The van der Waals surface area contributed by atoms with Gasteiger partial charge in [-0.1, -0.05) is 0 Å². The molecular weight excluding hydrogens is 366 g/mol. The highest BCUT2D eigenvalue weighted by Crippen LogP contribution is 2.17. The van der Waals surface area contributed by atoms with E-state index in [9.17, 15) is 4.79 Å². The Hall–Kier alpha value is -3.48. The molecule has 0 fully saturated rings. The fraction of sp³-hybridized carbons (Fsp3) is 0.273. The number of aromatic nitrogens is 3. The number of likely N-dealkylation sites (N-methyl/N-ethyl adjacent to an activating group) is 1. The normalized spacial score (nSPS) is 10.6. The third kappa shape index (κ3) is 6.00. The number of nitrogens with one attached hydrogen (secondary N) is 1. The maximum atomic E-state index is 12.6. The molecule has 7 nitrogen and oxygen atoms in total. The van der Waals surface area contributed by atoms with Crippen LogP contribution in [0.4, 0.5) is 11.6 Å². The minimum absolute atomic E-state index is 0.102. The van der Waals surface area contributed by atoms with Crippen molar-refractivity contribution >= 4 is 17.5 Å². The molecule has 1 aromatic carbocycles. The standard InChI is InChI=1S/C22H25N5O2/c1-16(2)29-19-6-4-18(5-7-19)25-21(28)20-10-14-24-22(26-20)27(3)15-11-17-8-12-23-13-9-17/h4-10,12-14,16H,11,15H2,1-3H3,(H,25,28). The first-order valence-electron chi connectivity index (χ1n) is 9.52. The number of hydrogen-bond donors (Lipinski definition) is 1. The number of benzene rings is 1. The first kappa shape index (κ1) is 20.3. The molecule has 29 heavy (non-hydrogen) atoms. The lowest BCUT2D eigenvalue weighted by Gasteiger charge is -2.17. The van der Waals surface area contributed by atoms with Gasteiger partial charge in [-0.05, 0) is 68.3 Å².